The Balaban J connectivity index is 1.67. The number of amides is 1. The molecular weight excluding hydrogens is 278 g/mol. The lowest BCUT2D eigenvalue weighted by Crippen LogP contribution is -2.54. The number of ether oxygens (including phenoxy) is 3. The van der Waals surface area contributed by atoms with Crippen LogP contribution in [0, 0.1) is 0 Å². The van der Waals surface area contributed by atoms with E-state index in [1.807, 2.05) is 6.07 Å². The van der Waals surface area contributed by atoms with Crippen molar-refractivity contribution in [2.75, 3.05) is 26.3 Å². The second kappa shape index (κ2) is 5.61. The highest BCUT2D eigenvalue weighted by atomic mass is 16.6. The van der Waals surface area contributed by atoms with E-state index >= 15 is 0 Å². The van der Waals surface area contributed by atoms with Crippen LogP contribution in [0.25, 0.3) is 0 Å². The predicted molar refractivity (Wildman–Crippen MR) is 70.3 cm³/mol. The Morgan fingerprint density at radius 1 is 1.19 bits per heavy atom. The van der Waals surface area contributed by atoms with Crippen molar-refractivity contribution in [2.24, 2.45) is 0 Å². The van der Waals surface area contributed by atoms with Crippen molar-refractivity contribution in [1.82, 2.24) is 4.90 Å². The molecule has 0 spiro atoms. The molecule has 2 aliphatic rings. The fourth-order valence-corrected chi connectivity index (χ4v) is 2.34. The predicted octanol–water partition coefficient (Wildman–Crippen LogP) is 0.138. The van der Waals surface area contributed by atoms with E-state index in [4.69, 9.17) is 19.3 Å². The lowest BCUT2D eigenvalue weighted by Gasteiger charge is -2.34. The summed E-state index contributed by atoms with van der Waals surface area (Å²) in [5, 5.41) is 8.96. The molecule has 0 aromatic heterocycles. The van der Waals surface area contributed by atoms with Crippen LogP contribution in [0.2, 0.25) is 0 Å². The van der Waals surface area contributed by atoms with Gasteiger partial charge in [-0.2, -0.15) is 0 Å². The Morgan fingerprint density at radius 3 is 2.71 bits per heavy atom. The number of carboxylic acids is 1. The molecule has 0 unspecified atom stereocenters. The number of hydrogen-bond acceptors (Lipinski definition) is 5. The fourth-order valence-electron chi connectivity index (χ4n) is 2.34. The summed E-state index contributed by atoms with van der Waals surface area (Å²) >= 11 is 0. The molecule has 1 N–H and O–H groups in total. The summed E-state index contributed by atoms with van der Waals surface area (Å²) in [6, 6.07) is 7.12. The lowest BCUT2D eigenvalue weighted by molar-refractivity contribution is -0.162. The van der Waals surface area contributed by atoms with E-state index in [0.717, 1.165) is 0 Å². The van der Waals surface area contributed by atoms with Crippen LogP contribution in [-0.4, -0.2) is 60.4 Å². The molecule has 0 saturated carbocycles. The largest absolute Gasteiger partial charge is 0.485 e. The van der Waals surface area contributed by atoms with Crippen molar-refractivity contribution >= 4 is 11.9 Å². The molecule has 2 heterocycles. The number of para-hydroxylation sites is 2. The number of aliphatic carboxylic acids is 1. The summed E-state index contributed by atoms with van der Waals surface area (Å²) in [4.78, 5) is 24.8. The lowest BCUT2D eigenvalue weighted by atomic mass is 10.2. The quantitative estimate of drug-likeness (QED) is 0.835. The second-order valence-electron chi connectivity index (χ2n) is 4.85. The van der Waals surface area contributed by atoms with Gasteiger partial charge in [0.2, 0.25) is 6.10 Å². The molecule has 7 heteroatoms. The van der Waals surface area contributed by atoms with E-state index in [1.165, 1.54) is 4.90 Å². The number of rotatable bonds is 2. The molecule has 1 aromatic rings. The molecule has 2 aliphatic heterocycles. The number of fused-ring (bicyclic) bond motifs is 1. The van der Waals surface area contributed by atoms with Crippen molar-refractivity contribution in [2.45, 2.75) is 12.2 Å². The molecule has 0 radical (unpaired) electrons. The van der Waals surface area contributed by atoms with Crippen molar-refractivity contribution in [3.05, 3.63) is 24.3 Å². The Morgan fingerprint density at radius 2 is 1.95 bits per heavy atom. The van der Waals surface area contributed by atoms with Gasteiger partial charge in [-0.25, -0.2) is 4.79 Å². The van der Waals surface area contributed by atoms with E-state index < -0.39 is 18.2 Å². The van der Waals surface area contributed by atoms with Crippen molar-refractivity contribution < 1.29 is 28.9 Å². The van der Waals surface area contributed by atoms with Crippen molar-refractivity contribution in [3.8, 4) is 11.5 Å². The van der Waals surface area contributed by atoms with Gasteiger partial charge in [0.15, 0.2) is 17.6 Å². The zero-order valence-corrected chi connectivity index (χ0v) is 11.2. The van der Waals surface area contributed by atoms with Crippen LogP contribution in [0.15, 0.2) is 24.3 Å². The van der Waals surface area contributed by atoms with Crippen LogP contribution in [-0.2, 0) is 14.3 Å². The first-order valence-electron chi connectivity index (χ1n) is 6.67. The molecule has 2 atom stereocenters. The zero-order chi connectivity index (χ0) is 14.8. The van der Waals surface area contributed by atoms with E-state index in [9.17, 15) is 9.59 Å². The molecule has 1 fully saturated rings. The molecular formula is C14H15NO6. The fraction of sp³-hybridized carbons (Fsp3) is 0.429. The van der Waals surface area contributed by atoms with E-state index in [1.54, 1.807) is 18.2 Å². The minimum Gasteiger partial charge on any atom is -0.485 e. The molecule has 21 heavy (non-hydrogen) atoms. The van der Waals surface area contributed by atoms with Gasteiger partial charge in [-0.3, -0.25) is 4.79 Å². The summed E-state index contributed by atoms with van der Waals surface area (Å²) < 4.78 is 16.2. The smallest absolute Gasteiger partial charge is 0.334 e. The summed E-state index contributed by atoms with van der Waals surface area (Å²) in [6.45, 7) is 0.692. The van der Waals surface area contributed by atoms with Gasteiger partial charge in [0.25, 0.3) is 5.91 Å². The number of benzene rings is 1. The maximum absolute atomic E-state index is 12.4. The third kappa shape index (κ3) is 2.78. The van der Waals surface area contributed by atoms with Gasteiger partial charge in [-0.05, 0) is 12.1 Å². The molecule has 112 valence electrons. The summed E-state index contributed by atoms with van der Waals surface area (Å²) in [5.41, 5.74) is 0. The normalized spacial score (nSPS) is 24.5. The first kappa shape index (κ1) is 13.7. The van der Waals surface area contributed by atoms with Gasteiger partial charge in [-0.1, -0.05) is 12.1 Å². The third-order valence-electron chi connectivity index (χ3n) is 3.44. The molecule has 0 aliphatic carbocycles. The van der Waals surface area contributed by atoms with Crippen LogP contribution < -0.4 is 9.47 Å². The third-order valence-corrected chi connectivity index (χ3v) is 3.44. The van der Waals surface area contributed by atoms with Gasteiger partial charge >= 0.3 is 5.97 Å². The SMILES string of the molecule is O=C(O)[C@@H]1CN(C(=O)[C@@H]2COc3ccccc3O2)CCO1. The average Bonchev–Trinajstić information content (AvgIpc) is 2.53. The monoisotopic (exact) mass is 293 g/mol. The highest BCUT2D eigenvalue weighted by Crippen LogP contribution is 2.31. The number of carbonyl (C=O) groups is 2. The van der Waals surface area contributed by atoms with Crippen LogP contribution in [0.5, 0.6) is 11.5 Å². The molecule has 1 amide bonds. The topological polar surface area (TPSA) is 85.3 Å². The Kier molecular flexibility index (Phi) is 3.66. The molecule has 7 nitrogen and oxygen atoms in total. The Hall–Kier alpha value is -2.28. The van der Waals surface area contributed by atoms with Gasteiger partial charge in [0.1, 0.15) is 6.61 Å². The average molecular weight is 293 g/mol. The summed E-state index contributed by atoms with van der Waals surface area (Å²) in [6.07, 6.45) is -1.74. The number of hydrogen-bond donors (Lipinski definition) is 1. The number of carbonyl (C=O) groups excluding carboxylic acids is 1. The first-order valence-corrected chi connectivity index (χ1v) is 6.67. The standard InChI is InChI=1S/C14H15NO6/c16-13(15-5-6-19-11(7-15)14(17)18)12-8-20-9-3-1-2-4-10(9)21-12/h1-4,11-12H,5-8H2,(H,17,18)/t11-,12-/m0/s1. The first-order chi connectivity index (χ1) is 10.1. The zero-order valence-electron chi connectivity index (χ0n) is 11.2. The molecule has 0 bridgehead atoms. The summed E-state index contributed by atoms with van der Waals surface area (Å²) in [7, 11) is 0. The van der Waals surface area contributed by atoms with Crippen molar-refractivity contribution in [1.29, 1.82) is 0 Å². The van der Waals surface area contributed by atoms with Crippen LogP contribution in [0.4, 0.5) is 0 Å². The molecule has 1 aromatic carbocycles. The van der Waals surface area contributed by atoms with Gasteiger partial charge in [0.05, 0.1) is 13.2 Å². The van der Waals surface area contributed by atoms with Crippen molar-refractivity contribution in [3.63, 3.8) is 0 Å². The number of carboxylic acid groups (broad SMARTS) is 1. The van der Waals surface area contributed by atoms with E-state index in [2.05, 4.69) is 0 Å². The highest BCUT2D eigenvalue weighted by Gasteiger charge is 2.35. The summed E-state index contributed by atoms with van der Waals surface area (Å²) in [5.74, 6) is -0.227. The maximum Gasteiger partial charge on any atom is 0.334 e. The highest BCUT2D eigenvalue weighted by molar-refractivity contribution is 5.83. The maximum atomic E-state index is 12.4. The minimum absolute atomic E-state index is 0.0235. The van der Waals surface area contributed by atoms with E-state index in [0.29, 0.717) is 18.0 Å². The minimum atomic E-state index is -1.07. The number of morpholine rings is 1. The van der Waals surface area contributed by atoms with Gasteiger partial charge in [0, 0.05) is 6.54 Å². The van der Waals surface area contributed by atoms with Gasteiger partial charge < -0.3 is 24.2 Å². The Labute approximate surface area is 121 Å². The second-order valence-corrected chi connectivity index (χ2v) is 4.85. The van der Waals surface area contributed by atoms with Crippen LogP contribution in [0.3, 0.4) is 0 Å². The van der Waals surface area contributed by atoms with Crippen LogP contribution >= 0.6 is 0 Å². The van der Waals surface area contributed by atoms with Crippen LogP contribution in [0.1, 0.15) is 0 Å². The molecule has 3 rings (SSSR count). The van der Waals surface area contributed by atoms with E-state index in [-0.39, 0.29) is 25.7 Å². The Bertz CT molecular complexity index is 560. The molecule has 1 saturated heterocycles. The number of nitrogens with zero attached hydrogens (tertiary/aromatic N) is 1. The van der Waals surface area contributed by atoms with Gasteiger partial charge in [-0.15, -0.1) is 0 Å².